The molecule has 116 valence electrons. The smallest absolute Gasteiger partial charge is 0.251 e. The first-order valence-corrected chi connectivity index (χ1v) is 8.49. The number of carbonyl (C=O) groups excluding carboxylic acids is 1. The largest absolute Gasteiger partial charge is 0.368 e. The highest BCUT2D eigenvalue weighted by Crippen LogP contribution is 2.28. The van der Waals surface area contributed by atoms with E-state index < -0.39 is 0 Å². The number of carbonyl (C=O) groups is 1. The molecular weight excluding hydrogens is 300 g/mol. The van der Waals surface area contributed by atoms with Crippen molar-refractivity contribution in [3.05, 3.63) is 18.5 Å². The number of anilines is 1. The van der Waals surface area contributed by atoms with Gasteiger partial charge in [-0.2, -0.15) is 0 Å². The number of hydrogen-bond acceptors (Lipinski definition) is 6. The average molecular weight is 318 g/mol. The van der Waals surface area contributed by atoms with Crippen LogP contribution in [0.25, 0.3) is 10.2 Å². The Morgan fingerprint density at radius 1 is 1.32 bits per heavy atom. The standard InChI is InChI=1S/C15H18N4O2S/c20-14(12-2-1-9-21-12)18-5-7-19(8-6-18)15-17-11-10-16-4-3-13(11)22-15/h3-4,10,12H,1-2,5-9H2. The third kappa shape index (κ3) is 2.55. The number of fused-ring (bicyclic) bond motifs is 1. The van der Waals surface area contributed by atoms with Gasteiger partial charge in [-0.1, -0.05) is 11.3 Å². The normalized spacial score (nSPS) is 22.5. The number of piperazine rings is 1. The van der Waals surface area contributed by atoms with Gasteiger partial charge >= 0.3 is 0 Å². The Morgan fingerprint density at radius 2 is 2.18 bits per heavy atom. The van der Waals surface area contributed by atoms with E-state index in [1.54, 1.807) is 23.7 Å². The van der Waals surface area contributed by atoms with E-state index in [-0.39, 0.29) is 12.0 Å². The molecule has 2 saturated heterocycles. The molecule has 0 bridgehead atoms. The van der Waals surface area contributed by atoms with Crippen molar-refractivity contribution in [2.45, 2.75) is 18.9 Å². The van der Waals surface area contributed by atoms with E-state index in [1.165, 1.54) is 0 Å². The van der Waals surface area contributed by atoms with E-state index in [1.807, 2.05) is 11.0 Å². The predicted octanol–water partition coefficient (Wildman–Crippen LogP) is 1.52. The van der Waals surface area contributed by atoms with Crippen LogP contribution in [0.1, 0.15) is 12.8 Å². The number of pyridine rings is 1. The van der Waals surface area contributed by atoms with Gasteiger partial charge in [0.25, 0.3) is 5.91 Å². The summed E-state index contributed by atoms with van der Waals surface area (Å²) in [6, 6.07) is 1.99. The van der Waals surface area contributed by atoms with E-state index in [9.17, 15) is 4.79 Å². The van der Waals surface area contributed by atoms with Gasteiger partial charge in [0.15, 0.2) is 5.13 Å². The minimum Gasteiger partial charge on any atom is -0.368 e. The summed E-state index contributed by atoms with van der Waals surface area (Å²) in [4.78, 5) is 25.3. The number of hydrogen-bond donors (Lipinski definition) is 0. The van der Waals surface area contributed by atoms with Crippen molar-refractivity contribution in [3.63, 3.8) is 0 Å². The number of aromatic nitrogens is 2. The Labute approximate surface area is 132 Å². The van der Waals surface area contributed by atoms with Crippen LogP contribution in [0.3, 0.4) is 0 Å². The lowest BCUT2D eigenvalue weighted by Crippen LogP contribution is -2.51. The van der Waals surface area contributed by atoms with Crippen LogP contribution in [-0.2, 0) is 9.53 Å². The van der Waals surface area contributed by atoms with E-state index in [0.29, 0.717) is 0 Å². The van der Waals surface area contributed by atoms with Crippen molar-refractivity contribution in [3.8, 4) is 0 Å². The summed E-state index contributed by atoms with van der Waals surface area (Å²) in [5, 5.41) is 1.02. The Hall–Kier alpha value is -1.73. The maximum absolute atomic E-state index is 12.3. The first kappa shape index (κ1) is 13.9. The monoisotopic (exact) mass is 318 g/mol. The number of rotatable bonds is 2. The first-order valence-electron chi connectivity index (χ1n) is 7.67. The zero-order chi connectivity index (χ0) is 14.9. The van der Waals surface area contributed by atoms with Crippen molar-refractivity contribution in [2.24, 2.45) is 0 Å². The van der Waals surface area contributed by atoms with Gasteiger partial charge in [0.1, 0.15) is 11.6 Å². The van der Waals surface area contributed by atoms with Crippen molar-refractivity contribution < 1.29 is 9.53 Å². The molecular formula is C15H18N4O2S. The summed E-state index contributed by atoms with van der Waals surface area (Å²) < 4.78 is 6.65. The van der Waals surface area contributed by atoms with Crippen LogP contribution in [0, 0.1) is 0 Å². The molecule has 0 N–H and O–H groups in total. The highest BCUT2D eigenvalue weighted by atomic mass is 32.1. The Kier molecular flexibility index (Phi) is 3.67. The maximum Gasteiger partial charge on any atom is 0.251 e. The fourth-order valence-corrected chi connectivity index (χ4v) is 3.98. The van der Waals surface area contributed by atoms with Crippen LogP contribution in [0.2, 0.25) is 0 Å². The molecule has 2 aromatic rings. The summed E-state index contributed by atoms with van der Waals surface area (Å²) >= 11 is 1.69. The molecule has 2 aliphatic rings. The molecule has 7 heteroatoms. The van der Waals surface area contributed by atoms with Gasteiger partial charge in [-0.3, -0.25) is 9.78 Å². The van der Waals surface area contributed by atoms with Gasteiger partial charge in [0.05, 0.1) is 10.9 Å². The quantitative estimate of drug-likeness (QED) is 0.840. The van der Waals surface area contributed by atoms with Crippen LogP contribution in [0.5, 0.6) is 0 Å². The predicted molar refractivity (Wildman–Crippen MR) is 85.2 cm³/mol. The summed E-state index contributed by atoms with van der Waals surface area (Å²) in [7, 11) is 0. The van der Waals surface area contributed by atoms with Gasteiger partial charge < -0.3 is 14.5 Å². The molecule has 1 unspecified atom stereocenters. The third-order valence-electron chi connectivity index (χ3n) is 4.25. The fraction of sp³-hybridized carbons (Fsp3) is 0.533. The second-order valence-electron chi connectivity index (χ2n) is 5.65. The minimum atomic E-state index is -0.208. The molecule has 1 atom stereocenters. The molecule has 2 aromatic heterocycles. The van der Waals surface area contributed by atoms with E-state index >= 15 is 0 Å². The number of ether oxygens (including phenoxy) is 1. The lowest BCUT2D eigenvalue weighted by Gasteiger charge is -2.35. The van der Waals surface area contributed by atoms with Gasteiger partial charge in [0, 0.05) is 39.0 Å². The molecule has 22 heavy (non-hydrogen) atoms. The molecule has 0 aromatic carbocycles. The molecule has 2 aliphatic heterocycles. The molecule has 1 amide bonds. The molecule has 4 heterocycles. The van der Waals surface area contributed by atoms with Gasteiger partial charge in [-0.05, 0) is 18.9 Å². The zero-order valence-electron chi connectivity index (χ0n) is 12.3. The van der Waals surface area contributed by atoms with Crippen LogP contribution < -0.4 is 4.90 Å². The SMILES string of the molecule is O=C(C1CCCO1)N1CCN(c2nc3cnccc3s2)CC1. The van der Waals surface area contributed by atoms with E-state index in [2.05, 4.69) is 14.9 Å². The topological polar surface area (TPSA) is 58.6 Å². The molecule has 0 aliphatic carbocycles. The number of thiazole rings is 1. The maximum atomic E-state index is 12.3. The Bertz CT molecular complexity index is 642. The molecule has 0 saturated carbocycles. The van der Waals surface area contributed by atoms with E-state index in [0.717, 1.165) is 61.0 Å². The second-order valence-corrected chi connectivity index (χ2v) is 6.66. The van der Waals surface area contributed by atoms with Gasteiger partial charge in [0.2, 0.25) is 0 Å². The summed E-state index contributed by atoms with van der Waals surface area (Å²) in [6.45, 7) is 3.85. The van der Waals surface area contributed by atoms with Crippen molar-refractivity contribution in [1.82, 2.24) is 14.9 Å². The average Bonchev–Trinajstić information content (AvgIpc) is 3.23. The molecule has 2 fully saturated rings. The molecule has 0 spiro atoms. The summed E-state index contributed by atoms with van der Waals surface area (Å²) in [5.41, 5.74) is 0.945. The molecule has 0 radical (unpaired) electrons. The van der Waals surface area contributed by atoms with Crippen molar-refractivity contribution in [1.29, 1.82) is 0 Å². The number of nitrogens with zero attached hydrogens (tertiary/aromatic N) is 4. The Morgan fingerprint density at radius 3 is 2.91 bits per heavy atom. The minimum absolute atomic E-state index is 0.158. The van der Waals surface area contributed by atoms with Crippen LogP contribution in [0.4, 0.5) is 5.13 Å². The summed E-state index contributed by atoms with van der Waals surface area (Å²) in [5.74, 6) is 0.158. The molecule has 4 rings (SSSR count). The highest BCUT2D eigenvalue weighted by Gasteiger charge is 2.30. The summed E-state index contributed by atoms with van der Waals surface area (Å²) in [6.07, 6.45) is 5.25. The van der Waals surface area contributed by atoms with Crippen molar-refractivity contribution >= 4 is 32.6 Å². The highest BCUT2D eigenvalue weighted by molar-refractivity contribution is 7.22. The first-order chi connectivity index (χ1) is 10.8. The van der Waals surface area contributed by atoms with E-state index in [4.69, 9.17) is 4.74 Å². The Balaban J connectivity index is 1.41. The number of amides is 1. The van der Waals surface area contributed by atoms with Crippen LogP contribution in [0.15, 0.2) is 18.5 Å². The molecule has 6 nitrogen and oxygen atoms in total. The van der Waals surface area contributed by atoms with Gasteiger partial charge in [-0.25, -0.2) is 4.98 Å². The van der Waals surface area contributed by atoms with Crippen LogP contribution >= 0.6 is 11.3 Å². The zero-order valence-corrected chi connectivity index (χ0v) is 13.1. The van der Waals surface area contributed by atoms with Crippen LogP contribution in [-0.4, -0.2) is 59.7 Å². The lowest BCUT2D eigenvalue weighted by molar-refractivity contribution is -0.141. The van der Waals surface area contributed by atoms with Crippen molar-refractivity contribution in [2.75, 3.05) is 37.7 Å². The van der Waals surface area contributed by atoms with Gasteiger partial charge in [-0.15, -0.1) is 0 Å². The third-order valence-corrected chi connectivity index (χ3v) is 5.34. The fourth-order valence-electron chi connectivity index (χ4n) is 3.00. The lowest BCUT2D eigenvalue weighted by atomic mass is 10.2. The second kappa shape index (κ2) is 5.81.